The Bertz CT molecular complexity index is 501. The lowest BCUT2D eigenvalue weighted by molar-refractivity contribution is 0.637. The van der Waals surface area contributed by atoms with Gasteiger partial charge in [0, 0.05) is 40.8 Å². The molecule has 0 spiro atoms. The van der Waals surface area contributed by atoms with E-state index in [1.807, 2.05) is 12.1 Å². The van der Waals surface area contributed by atoms with E-state index in [1.165, 1.54) is 16.8 Å². The van der Waals surface area contributed by atoms with Gasteiger partial charge in [-0.05, 0) is 12.1 Å². The van der Waals surface area contributed by atoms with Gasteiger partial charge < -0.3 is 5.32 Å². The minimum absolute atomic E-state index is 0.914. The van der Waals surface area contributed by atoms with Crippen LogP contribution in [0.5, 0.6) is 0 Å². The molecule has 3 rings (SSSR count). The molecule has 82 valence electrons. The summed E-state index contributed by atoms with van der Waals surface area (Å²) in [6.07, 6.45) is 1.04. The molecule has 0 bridgehead atoms. The Kier molecular flexibility index (Phi) is 2.53. The van der Waals surface area contributed by atoms with Crippen molar-refractivity contribution in [1.29, 1.82) is 0 Å². The van der Waals surface area contributed by atoms with E-state index >= 15 is 0 Å². The molecule has 2 heterocycles. The largest absolute Gasteiger partial charge is 0.312 e. The van der Waals surface area contributed by atoms with Crippen molar-refractivity contribution in [3.63, 3.8) is 0 Å². The van der Waals surface area contributed by atoms with Gasteiger partial charge in [0.1, 0.15) is 0 Å². The average Bonchev–Trinajstić information content (AvgIpc) is 2.74. The van der Waals surface area contributed by atoms with Gasteiger partial charge in [0.15, 0.2) is 0 Å². The van der Waals surface area contributed by atoms with Crippen molar-refractivity contribution in [3.05, 3.63) is 40.0 Å². The van der Waals surface area contributed by atoms with E-state index in [0.29, 0.717) is 0 Å². The number of aromatic amines is 1. The van der Waals surface area contributed by atoms with E-state index in [0.717, 1.165) is 29.7 Å². The summed E-state index contributed by atoms with van der Waals surface area (Å²) in [5.41, 5.74) is 4.84. The third-order valence-corrected chi connectivity index (χ3v) is 3.45. The molecular formula is C12H12BrN3. The van der Waals surface area contributed by atoms with Crippen LogP contribution in [0.25, 0.3) is 11.3 Å². The van der Waals surface area contributed by atoms with Crippen LogP contribution in [0.2, 0.25) is 0 Å². The molecule has 0 unspecified atom stereocenters. The van der Waals surface area contributed by atoms with Crippen molar-refractivity contribution in [1.82, 2.24) is 15.5 Å². The van der Waals surface area contributed by atoms with Crippen LogP contribution >= 0.6 is 15.9 Å². The lowest BCUT2D eigenvalue weighted by atomic mass is 10.0. The minimum Gasteiger partial charge on any atom is -0.312 e. The summed E-state index contributed by atoms with van der Waals surface area (Å²) in [5.74, 6) is 0. The molecule has 3 nitrogen and oxygen atoms in total. The molecule has 0 aliphatic carbocycles. The van der Waals surface area contributed by atoms with Crippen LogP contribution < -0.4 is 5.32 Å². The van der Waals surface area contributed by atoms with Crippen molar-refractivity contribution in [2.75, 3.05) is 6.54 Å². The molecule has 0 saturated carbocycles. The zero-order chi connectivity index (χ0) is 11.0. The van der Waals surface area contributed by atoms with Crippen molar-refractivity contribution in [2.24, 2.45) is 0 Å². The lowest BCUT2D eigenvalue weighted by Gasteiger charge is -2.12. The van der Waals surface area contributed by atoms with Crippen molar-refractivity contribution in [2.45, 2.75) is 13.0 Å². The third-order valence-electron chi connectivity index (χ3n) is 2.92. The summed E-state index contributed by atoms with van der Waals surface area (Å²) in [7, 11) is 0. The van der Waals surface area contributed by atoms with E-state index in [1.54, 1.807) is 0 Å². The number of rotatable bonds is 1. The highest BCUT2D eigenvalue weighted by atomic mass is 79.9. The van der Waals surface area contributed by atoms with Gasteiger partial charge in [-0.15, -0.1) is 0 Å². The number of nitrogens with zero attached hydrogens (tertiary/aromatic N) is 1. The Morgan fingerprint density at radius 2 is 2.00 bits per heavy atom. The molecule has 16 heavy (non-hydrogen) atoms. The summed E-state index contributed by atoms with van der Waals surface area (Å²) < 4.78 is 1.10. The Morgan fingerprint density at radius 3 is 2.81 bits per heavy atom. The number of benzene rings is 1. The van der Waals surface area contributed by atoms with Crippen LogP contribution in [0.3, 0.4) is 0 Å². The van der Waals surface area contributed by atoms with Crippen LogP contribution in [0.1, 0.15) is 11.3 Å². The van der Waals surface area contributed by atoms with Gasteiger partial charge in [-0.2, -0.15) is 5.10 Å². The smallest absolute Gasteiger partial charge is 0.0968 e. The zero-order valence-corrected chi connectivity index (χ0v) is 10.3. The molecule has 1 aliphatic heterocycles. The van der Waals surface area contributed by atoms with Crippen LogP contribution in [0.4, 0.5) is 0 Å². The first-order valence-corrected chi connectivity index (χ1v) is 6.16. The topological polar surface area (TPSA) is 40.7 Å². The highest BCUT2D eigenvalue weighted by molar-refractivity contribution is 9.10. The summed E-state index contributed by atoms with van der Waals surface area (Å²) in [4.78, 5) is 0. The molecular weight excluding hydrogens is 266 g/mol. The molecule has 2 aromatic rings. The van der Waals surface area contributed by atoms with E-state index in [-0.39, 0.29) is 0 Å². The highest BCUT2D eigenvalue weighted by Gasteiger charge is 2.17. The Labute approximate surface area is 102 Å². The zero-order valence-electron chi connectivity index (χ0n) is 8.76. The van der Waals surface area contributed by atoms with Gasteiger partial charge in [-0.25, -0.2) is 0 Å². The SMILES string of the molecule is Brc1ccc(-c2n[nH]c3c2CNCC3)cc1. The van der Waals surface area contributed by atoms with Crippen LogP contribution in [-0.4, -0.2) is 16.7 Å². The highest BCUT2D eigenvalue weighted by Crippen LogP contribution is 2.26. The summed E-state index contributed by atoms with van der Waals surface area (Å²) in [5, 5.41) is 10.9. The van der Waals surface area contributed by atoms with Crippen molar-refractivity contribution < 1.29 is 0 Å². The van der Waals surface area contributed by atoms with Crippen LogP contribution in [0, 0.1) is 0 Å². The quantitative estimate of drug-likeness (QED) is 0.841. The molecule has 0 amide bonds. The first-order valence-electron chi connectivity index (χ1n) is 5.37. The van der Waals surface area contributed by atoms with Crippen molar-refractivity contribution >= 4 is 15.9 Å². The first kappa shape index (κ1) is 10.1. The molecule has 2 N–H and O–H groups in total. The number of hydrogen-bond acceptors (Lipinski definition) is 2. The fourth-order valence-electron chi connectivity index (χ4n) is 2.07. The van der Waals surface area contributed by atoms with Gasteiger partial charge in [0.25, 0.3) is 0 Å². The second-order valence-corrected chi connectivity index (χ2v) is 4.88. The molecule has 0 radical (unpaired) electrons. The molecule has 4 heteroatoms. The second-order valence-electron chi connectivity index (χ2n) is 3.96. The normalized spacial score (nSPS) is 14.8. The number of H-pyrrole nitrogens is 1. The number of nitrogens with one attached hydrogen (secondary N) is 2. The number of aromatic nitrogens is 2. The van der Waals surface area contributed by atoms with Crippen LogP contribution in [0.15, 0.2) is 28.7 Å². The number of halogens is 1. The second kappa shape index (κ2) is 4.03. The fourth-order valence-corrected chi connectivity index (χ4v) is 2.34. The average molecular weight is 278 g/mol. The first-order chi connectivity index (χ1) is 7.84. The molecule has 1 aromatic carbocycles. The standard InChI is InChI=1S/C12H12BrN3/c13-9-3-1-8(2-4-9)12-10-7-14-6-5-11(10)15-16-12/h1-4,14H,5-7H2,(H,15,16). The fraction of sp³-hybridized carbons (Fsp3) is 0.250. The van der Waals surface area contributed by atoms with Crippen LogP contribution in [-0.2, 0) is 13.0 Å². The lowest BCUT2D eigenvalue weighted by Crippen LogP contribution is -2.23. The maximum Gasteiger partial charge on any atom is 0.0968 e. The monoisotopic (exact) mass is 277 g/mol. The van der Waals surface area contributed by atoms with Gasteiger partial charge >= 0.3 is 0 Å². The summed E-state index contributed by atoms with van der Waals surface area (Å²) >= 11 is 3.44. The molecule has 0 fully saturated rings. The predicted octanol–water partition coefficient (Wildman–Crippen LogP) is 2.48. The third kappa shape index (κ3) is 1.68. The van der Waals surface area contributed by atoms with Gasteiger partial charge in [0.2, 0.25) is 0 Å². The Hall–Kier alpha value is -1.13. The van der Waals surface area contributed by atoms with E-state index < -0.39 is 0 Å². The maximum atomic E-state index is 4.42. The van der Waals surface area contributed by atoms with Gasteiger partial charge in [-0.1, -0.05) is 28.1 Å². The van der Waals surface area contributed by atoms with E-state index in [2.05, 4.69) is 43.6 Å². The number of hydrogen-bond donors (Lipinski definition) is 2. The van der Waals surface area contributed by atoms with E-state index in [4.69, 9.17) is 0 Å². The Balaban J connectivity index is 2.06. The molecule has 1 aromatic heterocycles. The summed E-state index contributed by atoms with van der Waals surface area (Å²) in [6.45, 7) is 1.95. The van der Waals surface area contributed by atoms with Gasteiger partial charge in [-0.3, -0.25) is 5.10 Å². The Morgan fingerprint density at radius 1 is 1.19 bits per heavy atom. The predicted molar refractivity (Wildman–Crippen MR) is 67.1 cm³/mol. The molecule has 0 saturated heterocycles. The molecule has 0 atom stereocenters. The maximum absolute atomic E-state index is 4.42. The minimum atomic E-state index is 0.914. The molecule has 1 aliphatic rings. The van der Waals surface area contributed by atoms with E-state index in [9.17, 15) is 0 Å². The number of fused-ring (bicyclic) bond motifs is 1. The van der Waals surface area contributed by atoms with Gasteiger partial charge in [0.05, 0.1) is 5.69 Å². The van der Waals surface area contributed by atoms with Crippen molar-refractivity contribution in [3.8, 4) is 11.3 Å². The summed E-state index contributed by atoms with van der Waals surface area (Å²) in [6, 6.07) is 8.28.